The van der Waals surface area contributed by atoms with E-state index in [1.54, 1.807) is 7.11 Å². The van der Waals surface area contributed by atoms with Crippen LogP contribution in [0.2, 0.25) is 0 Å². The lowest BCUT2D eigenvalue weighted by Gasteiger charge is -2.40. The third-order valence-corrected chi connectivity index (χ3v) is 5.87. The van der Waals surface area contributed by atoms with E-state index >= 15 is 0 Å². The van der Waals surface area contributed by atoms with Crippen LogP contribution < -0.4 is 4.74 Å². The Bertz CT molecular complexity index is 926. The van der Waals surface area contributed by atoms with E-state index in [-0.39, 0.29) is 24.1 Å². The first kappa shape index (κ1) is 18.2. The van der Waals surface area contributed by atoms with Gasteiger partial charge in [-0.25, -0.2) is 4.98 Å². The van der Waals surface area contributed by atoms with Crippen molar-refractivity contribution in [2.24, 2.45) is 0 Å². The van der Waals surface area contributed by atoms with Gasteiger partial charge in [0.2, 0.25) is 10.8 Å². The molecule has 1 aliphatic rings. The maximum atomic E-state index is 10.9. The highest BCUT2D eigenvalue weighted by Crippen LogP contribution is 2.41. The molecular weight excluding hydrogens is 364 g/mol. The van der Waals surface area contributed by atoms with Crippen LogP contribution in [0.1, 0.15) is 36.2 Å². The number of nitrogens with zero attached hydrogens (tertiary/aromatic N) is 4. The molecule has 27 heavy (non-hydrogen) atoms. The fourth-order valence-corrected chi connectivity index (χ4v) is 4.93. The van der Waals surface area contributed by atoms with Crippen molar-refractivity contribution in [2.45, 2.75) is 39.0 Å². The molecule has 1 aliphatic heterocycles. The van der Waals surface area contributed by atoms with Crippen LogP contribution >= 0.6 is 11.3 Å². The molecule has 4 rings (SSSR count). The molecule has 144 valence electrons. The molecule has 3 heterocycles. The van der Waals surface area contributed by atoms with Gasteiger partial charge in [-0.3, -0.25) is 4.90 Å². The molecule has 0 unspecified atom stereocenters. The molecule has 7 nitrogen and oxygen atoms in total. The minimum Gasteiger partial charge on any atom is -0.497 e. The number of fused-ring (bicyclic) bond motifs is 1. The Labute approximate surface area is 162 Å². The van der Waals surface area contributed by atoms with Gasteiger partial charge >= 0.3 is 0 Å². The minimum atomic E-state index is -0.0986. The summed E-state index contributed by atoms with van der Waals surface area (Å²) in [7, 11) is 1.66. The molecule has 1 saturated heterocycles. The number of thiazole rings is 1. The number of ether oxygens (including phenoxy) is 2. The molecule has 1 aromatic carbocycles. The highest BCUT2D eigenvalue weighted by atomic mass is 32.1. The van der Waals surface area contributed by atoms with Gasteiger partial charge in [0.05, 0.1) is 30.2 Å². The molecule has 0 aliphatic carbocycles. The molecule has 0 spiro atoms. The summed E-state index contributed by atoms with van der Waals surface area (Å²) < 4.78 is 12.7. The fourth-order valence-electron chi connectivity index (χ4n) is 3.77. The maximum Gasteiger partial charge on any atom is 0.230 e. The van der Waals surface area contributed by atoms with Gasteiger partial charge in [-0.1, -0.05) is 23.5 Å². The molecule has 2 aromatic heterocycles. The number of aromatic nitrogens is 3. The van der Waals surface area contributed by atoms with E-state index in [9.17, 15) is 5.11 Å². The van der Waals surface area contributed by atoms with Gasteiger partial charge in [0.15, 0.2) is 0 Å². The Morgan fingerprint density at radius 1 is 1.22 bits per heavy atom. The smallest absolute Gasteiger partial charge is 0.230 e. The predicted molar refractivity (Wildman–Crippen MR) is 104 cm³/mol. The molecule has 0 saturated carbocycles. The summed E-state index contributed by atoms with van der Waals surface area (Å²) in [4.78, 5) is 8.33. The summed E-state index contributed by atoms with van der Waals surface area (Å²) in [6.07, 6.45) is 0.252. The van der Waals surface area contributed by atoms with Gasteiger partial charge in [-0.05, 0) is 38.5 Å². The molecule has 0 bridgehead atoms. The highest BCUT2D eigenvalue weighted by Gasteiger charge is 2.34. The molecule has 1 fully saturated rings. The van der Waals surface area contributed by atoms with E-state index < -0.39 is 0 Å². The summed E-state index contributed by atoms with van der Waals surface area (Å²) in [5.41, 5.74) is 1.09. The van der Waals surface area contributed by atoms with Crippen LogP contribution in [-0.2, 0) is 4.74 Å². The third kappa shape index (κ3) is 3.40. The first-order valence-corrected chi connectivity index (χ1v) is 9.86. The van der Waals surface area contributed by atoms with Crippen LogP contribution in [0.15, 0.2) is 24.3 Å². The highest BCUT2D eigenvalue weighted by molar-refractivity contribution is 7.17. The van der Waals surface area contributed by atoms with E-state index in [4.69, 9.17) is 9.47 Å². The number of benzene rings is 1. The number of hydrogen-bond donors (Lipinski definition) is 1. The Morgan fingerprint density at radius 2 is 1.89 bits per heavy atom. The zero-order valence-corrected chi connectivity index (χ0v) is 16.7. The van der Waals surface area contributed by atoms with Crippen LogP contribution in [0.25, 0.3) is 4.96 Å². The molecular formula is C19H24N4O3S. The standard InChI is InChI=1S/C19H24N4O3S/c1-11-9-22(10-12(2)26-11)16(14-5-7-15(25-4)8-6-14)17-18(24)23-19(27-17)20-13(3)21-23/h5-8,11-12,16,24H,9-10H2,1-4H3/t11-,12-,16+/m1/s1. The van der Waals surface area contributed by atoms with Crippen LogP contribution in [-0.4, -0.2) is 57.0 Å². The van der Waals surface area contributed by atoms with Gasteiger partial charge in [0.1, 0.15) is 11.6 Å². The van der Waals surface area contributed by atoms with Gasteiger partial charge in [-0.2, -0.15) is 4.52 Å². The lowest BCUT2D eigenvalue weighted by Crippen LogP contribution is -2.47. The number of hydrogen-bond acceptors (Lipinski definition) is 7. The maximum absolute atomic E-state index is 10.9. The molecule has 8 heteroatoms. The second-order valence-electron chi connectivity index (χ2n) is 7.03. The molecule has 3 atom stereocenters. The summed E-state index contributed by atoms with van der Waals surface area (Å²) in [6.45, 7) is 7.56. The van der Waals surface area contributed by atoms with Crippen molar-refractivity contribution < 1.29 is 14.6 Å². The van der Waals surface area contributed by atoms with Crippen molar-refractivity contribution in [1.82, 2.24) is 19.5 Å². The SMILES string of the molecule is COc1ccc([C@@H](c2sc3nc(C)nn3c2O)N2C[C@@H](C)O[C@H](C)C2)cc1. The Morgan fingerprint density at radius 3 is 2.48 bits per heavy atom. The quantitative estimate of drug-likeness (QED) is 0.741. The predicted octanol–water partition coefficient (Wildman–Crippen LogP) is 3.01. The first-order chi connectivity index (χ1) is 13.0. The summed E-state index contributed by atoms with van der Waals surface area (Å²) in [5, 5.41) is 15.2. The van der Waals surface area contributed by atoms with Crippen molar-refractivity contribution in [1.29, 1.82) is 0 Å². The van der Waals surface area contributed by atoms with E-state index in [1.807, 2.05) is 19.1 Å². The van der Waals surface area contributed by atoms with Gasteiger partial charge < -0.3 is 14.6 Å². The molecule has 0 radical (unpaired) electrons. The van der Waals surface area contributed by atoms with E-state index in [0.717, 1.165) is 29.3 Å². The Kier molecular flexibility index (Phi) is 4.79. The van der Waals surface area contributed by atoms with Gasteiger partial charge in [-0.15, -0.1) is 5.10 Å². The van der Waals surface area contributed by atoms with Crippen molar-refractivity contribution in [2.75, 3.05) is 20.2 Å². The van der Waals surface area contributed by atoms with Crippen LogP contribution in [0.4, 0.5) is 0 Å². The topological polar surface area (TPSA) is 72.1 Å². The third-order valence-electron chi connectivity index (χ3n) is 4.80. The lowest BCUT2D eigenvalue weighted by atomic mass is 10.0. The van der Waals surface area contributed by atoms with Crippen molar-refractivity contribution in [3.63, 3.8) is 0 Å². The second kappa shape index (κ2) is 7.10. The zero-order valence-electron chi connectivity index (χ0n) is 15.9. The average Bonchev–Trinajstić information content (AvgIpc) is 3.13. The van der Waals surface area contributed by atoms with Crippen LogP contribution in [0.3, 0.4) is 0 Å². The minimum absolute atomic E-state index is 0.0986. The second-order valence-corrected chi connectivity index (χ2v) is 8.04. The molecule has 1 N–H and O–H groups in total. The lowest BCUT2D eigenvalue weighted by molar-refractivity contribution is -0.0764. The monoisotopic (exact) mass is 388 g/mol. The van der Waals surface area contributed by atoms with E-state index in [2.05, 4.69) is 41.0 Å². The van der Waals surface area contributed by atoms with E-state index in [1.165, 1.54) is 15.9 Å². The largest absolute Gasteiger partial charge is 0.497 e. The fraction of sp³-hybridized carbons (Fsp3) is 0.474. The van der Waals surface area contributed by atoms with Crippen molar-refractivity contribution >= 4 is 16.3 Å². The van der Waals surface area contributed by atoms with Crippen molar-refractivity contribution in [3.8, 4) is 11.6 Å². The van der Waals surface area contributed by atoms with Crippen LogP contribution in [0.5, 0.6) is 11.6 Å². The zero-order chi connectivity index (χ0) is 19.1. The number of aryl methyl sites for hydroxylation is 1. The normalized spacial score (nSPS) is 22.2. The molecule has 3 aromatic rings. The Balaban J connectivity index is 1.80. The number of methoxy groups -OCH3 is 1. The summed E-state index contributed by atoms with van der Waals surface area (Å²) >= 11 is 1.48. The van der Waals surface area contributed by atoms with Gasteiger partial charge in [0, 0.05) is 13.1 Å². The van der Waals surface area contributed by atoms with E-state index in [0.29, 0.717) is 10.8 Å². The average molecular weight is 388 g/mol. The number of aromatic hydroxyl groups is 1. The molecule has 0 amide bonds. The summed E-state index contributed by atoms with van der Waals surface area (Å²) in [6, 6.07) is 7.91. The van der Waals surface area contributed by atoms with Gasteiger partial charge in [0.25, 0.3) is 0 Å². The number of rotatable bonds is 4. The van der Waals surface area contributed by atoms with Crippen molar-refractivity contribution in [3.05, 3.63) is 40.5 Å². The Hall–Kier alpha value is -2.16. The number of morpholine rings is 1. The van der Waals surface area contributed by atoms with Crippen LogP contribution in [0, 0.1) is 6.92 Å². The first-order valence-electron chi connectivity index (χ1n) is 9.04. The summed E-state index contributed by atoms with van der Waals surface area (Å²) in [5.74, 6) is 1.62.